The van der Waals surface area contributed by atoms with Gasteiger partial charge in [-0.3, -0.25) is 0 Å². The summed E-state index contributed by atoms with van der Waals surface area (Å²) < 4.78 is 7.50. The smallest absolute Gasteiger partial charge is 0.143 e. The predicted molar refractivity (Wildman–Crippen MR) is 80.2 cm³/mol. The first-order valence-corrected chi connectivity index (χ1v) is 6.74. The minimum Gasteiger partial charge on any atom is -0.495 e. The molecule has 1 N–H and O–H groups in total. The van der Waals surface area contributed by atoms with Crippen LogP contribution in [0.4, 0.5) is 5.69 Å². The van der Waals surface area contributed by atoms with Crippen molar-refractivity contribution in [2.75, 3.05) is 12.4 Å². The first kappa shape index (κ1) is 13.8. The van der Waals surface area contributed by atoms with Crippen molar-refractivity contribution in [1.29, 1.82) is 0 Å². The molecule has 1 heterocycles. The van der Waals surface area contributed by atoms with E-state index in [9.17, 15) is 0 Å². The number of benzene rings is 1. The van der Waals surface area contributed by atoms with Crippen LogP contribution in [0.25, 0.3) is 0 Å². The maximum Gasteiger partial charge on any atom is 0.143 e. The summed E-state index contributed by atoms with van der Waals surface area (Å²) in [7, 11) is 1.65. The molecule has 0 spiro atoms. The fourth-order valence-corrected chi connectivity index (χ4v) is 2.11. The number of hydrogen-bond acceptors (Lipinski definition) is 2. The summed E-state index contributed by atoms with van der Waals surface area (Å²) in [6, 6.07) is 5.97. The van der Waals surface area contributed by atoms with Crippen LogP contribution >= 0.6 is 11.6 Å². The molecule has 0 amide bonds. The Morgan fingerprint density at radius 2 is 2.16 bits per heavy atom. The van der Waals surface area contributed by atoms with Crippen LogP contribution in [0.3, 0.4) is 0 Å². The van der Waals surface area contributed by atoms with Crippen LogP contribution in [-0.2, 0) is 13.1 Å². The third kappa shape index (κ3) is 3.24. The SMILES string of the molecule is CCn1ccc(CNc2cc(C)c(Cl)cc2OC)c1. The van der Waals surface area contributed by atoms with Gasteiger partial charge in [-0.1, -0.05) is 11.6 Å². The number of halogens is 1. The van der Waals surface area contributed by atoms with Gasteiger partial charge in [0, 0.05) is 36.6 Å². The number of hydrogen-bond donors (Lipinski definition) is 1. The van der Waals surface area contributed by atoms with Crippen molar-refractivity contribution in [3.63, 3.8) is 0 Å². The molecule has 0 aliphatic rings. The van der Waals surface area contributed by atoms with Gasteiger partial charge in [0.2, 0.25) is 0 Å². The Balaban J connectivity index is 2.12. The fraction of sp³-hybridized carbons (Fsp3) is 0.333. The van der Waals surface area contributed by atoms with Gasteiger partial charge in [-0.2, -0.15) is 0 Å². The molecule has 2 rings (SSSR count). The van der Waals surface area contributed by atoms with E-state index in [2.05, 4.69) is 35.3 Å². The van der Waals surface area contributed by atoms with Gasteiger partial charge in [-0.15, -0.1) is 0 Å². The van der Waals surface area contributed by atoms with Crippen molar-refractivity contribution in [3.8, 4) is 5.75 Å². The van der Waals surface area contributed by atoms with Gasteiger partial charge in [-0.25, -0.2) is 0 Å². The number of ether oxygens (including phenoxy) is 1. The minimum absolute atomic E-state index is 0.722. The van der Waals surface area contributed by atoms with Crippen LogP contribution < -0.4 is 10.1 Å². The van der Waals surface area contributed by atoms with Crippen LogP contribution in [0.5, 0.6) is 5.75 Å². The molecule has 0 unspecified atom stereocenters. The van der Waals surface area contributed by atoms with E-state index in [1.807, 2.05) is 19.1 Å². The Bertz CT molecular complexity index is 563. The highest BCUT2D eigenvalue weighted by Gasteiger charge is 2.07. The molecule has 0 aliphatic heterocycles. The van der Waals surface area contributed by atoms with E-state index in [-0.39, 0.29) is 0 Å². The number of aryl methyl sites for hydroxylation is 2. The Labute approximate surface area is 119 Å². The Hall–Kier alpha value is -1.61. The third-order valence-corrected chi connectivity index (χ3v) is 3.55. The van der Waals surface area contributed by atoms with Crippen LogP contribution in [-0.4, -0.2) is 11.7 Å². The number of anilines is 1. The molecule has 102 valence electrons. The molecule has 0 aliphatic carbocycles. The Morgan fingerprint density at radius 3 is 2.79 bits per heavy atom. The number of rotatable bonds is 5. The van der Waals surface area contributed by atoms with Crippen LogP contribution in [0.15, 0.2) is 30.6 Å². The van der Waals surface area contributed by atoms with Gasteiger partial charge in [-0.05, 0) is 37.1 Å². The second kappa shape index (κ2) is 6.02. The third-order valence-electron chi connectivity index (χ3n) is 3.14. The van der Waals surface area contributed by atoms with E-state index in [1.54, 1.807) is 7.11 Å². The molecule has 0 saturated carbocycles. The number of aromatic nitrogens is 1. The van der Waals surface area contributed by atoms with Crippen molar-refractivity contribution in [2.45, 2.75) is 26.9 Å². The normalized spacial score (nSPS) is 10.5. The number of methoxy groups -OCH3 is 1. The topological polar surface area (TPSA) is 26.2 Å². The van der Waals surface area contributed by atoms with Gasteiger partial charge >= 0.3 is 0 Å². The standard InChI is InChI=1S/C15H19ClN2O/c1-4-18-6-5-12(10-18)9-17-14-7-11(2)13(16)8-15(14)19-3/h5-8,10,17H,4,9H2,1-3H3. The molecule has 0 bridgehead atoms. The molecule has 2 aromatic rings. The van der Waals surface area contributed by atoms with E-state index in [4.69, 9.17) is 16.3 Å². The fourth-order valence-electron chi connectivity index (χ4n) is 1.96. The quantitative estimate of drug-likeness (QED) is 0.891. The number of nitrogens with zero attached hydrogens (tertiary/aromatic N) is 1. The van der Waals surface area contributed by atoms with Gasteiger partial charge in [0.25, 0.3) is 0 Å². The molecular weight excluding hydrogens is 260 g/mol. The summed E-state index contributed by atoms with van der Waals surface area (Å²) in [6.45, 7) is 5.87. The van der Waals surface area contributed by atoms with E-state index in [0.717, 1.165) is 35.1 Å². The minimum atomic E-state index is 0.722. The van der Waals surface area contributed by atoms with Gasteiger partial charge in [0.1, 0.15) is 5.75 Å². The molecule has 1 aromatic carbocycles. The van der Waals surface area contributed by atoms with Crippen LogP contribution in [0, 0.1) is 6.92 Å². The lowest BCUT2D eigenvalue weighted by atomic mass is 10.2. The zero-order valence-electron chi connectivity index (χ0n) is 11.5. The van der Waals surface area contributed by atoms with Crippen molar-refractivity contribution >= 4 is 17.3 Å². The lowest BCUT2D eigenvalue weighted by molar-refractivity contribution is 0.416. The molecule has 1 aromatic heterocycles. The van der Waals surface area contributed by atoms with E-state index in [0.29, 0.717) is 0 Å². The summed E-state index contributed by atoms with van der Waals surface area (Å²) in [5.74, 6) is 0.769. The molecule has 4 heteroatoms. The lowest BCUT2D eigenvalue weighted by Gasteiger charge is -2.12. The molecule has 0 fully saturated rings. The maximum atomic E-state index is 6.09. The summed E-state index contributed by atoms with van der Waals surface area (Å²) in [6.07, 6.45) is 4.23. The lowest BCUT2D eigenvalue weighted by Crippen LogP contribution is -2.01. The largest absolute Gasteiger partial charge is 0.495 e. The van der Waals surface area contributed by atoms with E-state index in [1.165, 1.54) is 5.56 Å². The van der Waals surface area contributed by atoms with Gasteiger partial charge < -0.3 is 14.6 Å². The van der Waals surface area contributed by atoms with E-state index >= 15 is 0 Å². The summed E-state index contributed by atoms with van der Waals surface area (Å²) in [4.78, 5) is 0. The molecule has 19 heavy (non-hydrogen) atoms. The monoisotopic (exact) mass is 278 g/mol. The highest BCUT2D eigenvalue weighted by Crippen LogP contribution is 2.31. The Kier molecular flexibility index (Phi) is 4.38. The summed E-state index contributed by atoms with van der Waals surface area (Å²) in [5, 5.41) is 4.11. The second-order valence-electron chi connectivity index (χ2n) is 4.51. The second-order valence-corrected chi connectivity index (χ2v) is 4.91. The molecular formula is C15H19ClN2O. The van der Waals surface area contributed by atoms with E-state index < -0.39 is 0 Å². The maximum absolute atomic E-state index is 6.09. The van der Waals surface area contributed by atoms with Crippen LogP contribution in [0.1, 0.15) is 18.1 Å². The first-order chi connectivity index (χ1) is 9.13. The average molecular weight is 279 g/mol. The predicted octanol–water partition coefficient (Wildman–Crippen LogP) is 4.09. The van der Waals surface area contributed by atoms with Crippen molar-refractivity contribution < 1.29 is 4.74 Å². The molecule has 0 atom stereocenters. The summed E-state index contributed by atoms with van der Waals surface area (Å²) >= 11 is 6.09. The van der Waals surface area contributed by atoms with Gasteiger partial charge in [0.05, 0.1) is 12.8 Å². The van der Waals surface area contributed by atoms with Gasteiger partial charge in [0.15, 0.2) is 0 Å². The van der Waals surface area contributed by atoms with Crippen molar-refractivity contribution in [3.05, 3.63) is 46.7 Å². The summed E-state index contributed by atoms with van der Waals surface area (Å²) in [5.41, 5.74) is 3.25. The molecule has 3 nitrogen and oxygen atoms in total. The zero-order chi connectivity index (χ0) is 13.8. The zero-order valence-corrected chi connectivity index (χ0v) is 12.3. The highest BCUT2D eigenvalue weighted by molar-refractivity contribution is 6.31. The average Bonchev–Trinajstić information content (AvgIpc) is 2.87. The van der Waals surface area contributed by atoms with Crippen molar-refractivity contribution in [2.24, 2.45) is 0 Å². The van der Waals surface area contributed by atoms with Crippen molar-refractivity contribution in [1.82, 2.24) is 4.57 Å². The number of nitrogens with one attached hydrogen (secondary N) is 1. The highest BCUT2D eigenvalue weighted by atomic mass is 35.5. The molecule has 0 saturated heterocycles. The Morgan fingerprint density at radius 1 is 1.37 bits per heavy atom. The van der Waals surface area contributed by atoms with Crippen LogP contribution in [0.2, 0.25) is 5.02 Å². The molecule has 0 radical (unpaired) electrons. The first-order valence-electron chi connectivity index (χ1n) is 6.36.